The molecule has 2 aromatic rings. The van der Waals surface area contributed by atoms with Gasteiger partial charge in [-0.1, -0.05) is 12.1 Å². The van der Waals surface area contributed by atoms with Crippen LogP contribution in [-0.4, -0.2) is 33.4 Å². The van der Waals surface area contributed by atoms with Crippen molar-refractivity contribution in [2.45, 2.75) is 17.9 Å². The van der Waals surface area contributed by atoms with Crippen molar-refractivity contribution in [3.8, 4) is 0 Å². The standard InChI is InChI=1S/C16H18FN3O2S/c1-11(12-4-6-13(7-5-12)23(3)22)20(2)16(21)19-15-8-9-18-10-14(15)17/h4-11H,1-3H3,(H,18,19,21)/t11-,23+/m0/s1. The van der Waals surface area contributed by atoms with Gasteiger partial charge in [0, 0.05) is 35.2 Å². The molecule has 0 radical (unpaired) electrons. The van der Waals surface area contributed by atoms with Crippen LogP contribution in [-0.2, 0) is 10.8 Å². The number of aromatic nitrogens is 1. The summed E-state index contributed by atoms with van der Waals surface area (Å²) in [4.78, 5) is 18.1. The van der Waals surface area contributed by atoms with Crippen LogP contribution in [0.15, 0.2) is 47.6 Å². The molecule has 1 N–H and O–H groups in total. The van der Waals surface area contributed by atoms with Crippen molar-refractivity contribution in [3.63, 3.8) is 0 Å². The van der Waals surface area contributed by atoms with Gasteiger partial charge in [-0.2, -0.15) is 0 Å². The Morgan fingerprint density at radius 1 is 1.30 bits per heavy atom. The van der Waals surface area contributed by atoms with Gasteiger partial charge in [0.2, 0.25) is 0 Å². The highest BCUT2D eigenvalue weighted by Gasteiger charge is 2.18. The first kappa shape index (κ1) is 17.1. The molecule has 0 aliphatic carbocycles. The van der Waals surface area contributed by atoms with Crippen molar-refractivity contribution < 1.29 is 13.4 Å². The number of rotatable bonds is 4. The number of nitrogens with one attached hydrogen (secondary N) is 1. The molecular weight excluding hydrogens is 317 g/mol. The number of pyridine rings is 1. The van der Waals surface area contributed by atoms with E-state index in [1.807, 2.05) is 19.1 Å². The molecule has 0 saturated heterocycles. The molecule has 1 heterocycles. The summed E-state index contributed by atoms with van der Waals surface area (Å²) in [6.07, 6.45) is 4.07. The minimum atomic E-state index is -1.04. The second kappa shape index (κ2) is 7.32. The highest BCUT2D eigenvalue weighted by molar-refractivity contribution is 7.84. The number of nitrogens with zero attached hydrogens (tertiary/aromatic N) is 2. The predicted octanol–water partition coefficient (Wildman–Crippen LogP) is 3.18. The maximum absolute atomic E-state index is 13.5. The summed E-state index contributed by atoms with van der Waals surface area (Å²) in [5, 5.41) is 2.51. The van der Waals surface area contributed by atoms with Gasteiger partial charge in [-0.05, 0) is 30.7 Å². The summed E-state index contributed by atoms with van der Waals surface area (Å²) in [5.41, 5.74) is 0.979. The predicted molar refractivity (Wildman–Crippen MR) is 88.2 cm³/mol. The lowest BCUT2D eigenvalue weighted by molar-refractivity contribution is 0.208. The summed E-state index contributed by atoms with van der Waals surface area (Å²) in [6.45, 7) is 1.86. The van der Waals surface area contributed by atoms with Crippen LogP contribution in [0.3, 0.4) is 0 Å². The van der Waals surface area contributed by atoms with Gasteiger partial charge in [0.05, 0.1) is 17.9 Å². The van der Waals surface area contributed by atoms with Gasteiger partial charge >= 0.3 is 6.03 Å². The Morgan fingerprint density at radius 2 is 1.96 bits per heavy atom. The smallest absolute Gasteiger partial charge is 0.321 e. The molecule has 1 aromatic heterocycles. The van der Waals surface area contributed by atoms with Gasteiger partial charge < -0.3 is 10.2 Å². The number of benzene rings is 1. The zero-order valence-electron chi connectivity index (χ0n) is 13.1. The lowest BCUT2D eigenvalue weighted by Crippen LogP contribution is -2.33. The molecule has 23 heavy (non-hydrogen) atoms. The van der Waals surface area contributed by atoms with Gasteiger partial charge in [-0.3, -0.25) is 9.19 Å². The van der Waals surface area contributed by atoms with Gasteiger partial charge in [0.1, 0.15) is 0 Å². The lowest BCUT2D eigenvalue weighted by atomic mass is 10.1. The second-order valence-corrected chi connectivity index (χ2v) is 6.48. The number of carbonyl (C=O) groups excluding carboxylic acids is 1. The number of halogens is 1. The van der Waals surface area contributed by atoms with Gasteiger partial charge in [-0.15, -0.1) is 0 Å². The molecule has 0 aliphatic rings. The first-order valence-electron chi connectivity index (χ1n) is 6.97. The van der Waals surface area contributed by atoms with Crippen LogP contribution in [0.4, 0.5) is 14.9 Å². The molecule has 2 atom stereocenters. The van der Waals surface area contributed by atoms with E-state index in [0.29, 0.717) is 0 Å². The topological polar surface area (TPSA) is 62.3 Å². The molecule has 122 valence electrons. The Balaban J connectivity index is 2.09. The summed E-state index contributed by atoms with van der Waals surface area (Å²) >= 11 is 0. The van der Waals surface area contributed by atoms with Crippen molar-refractivity contribution in [1.82, 2.24) is 9.88 Å². The molecule has 0 fully saturated rings. The van der Waals surface area contributed by atoms with E-state index in [4.69, 9.17) is 0 Å². The average Bonchev–Trinajstić information content (AvgIpc) is 2.55. The fourth-order valence-corrected chi connectivity index (χ4v) is 2.54. The zero-order valence-corrected chi connectivity index (χ0v) is 13.9. The van der Waals surface area contributed by atoms with Gasteiger partial charge in [0.25, 0.3) is 0 Å². The van der Waals surface area contributed by atoms with Crippen LogP contribution in [0, 0.1) is 5.82 Å². The molecule has 5 nitrogen and oxygen atoms in total. The Labute approximate surface area is 137 Å². The molecule has 0 saturated carbocycles. The van der Waals surface area contributed by atoms with E-state index in [1.54, 1.807) is 25.4 Å². The lowest BCUT2D eigenvalue weighted by Gasteiger charge is -2.25. The van der Waals surface area contributed by atoms with E-state index < -0.39 is 22.6 Å². The van der Waals surface area contributed by atoms with Crippen molar-refractivity contribution in [2.24, 2.45) is 0 Å². The van der Waals surface area contributed by atoms with E-state index in [1.165, 1.54) is 17.2 Å². The first-order chi connectivity index (χ1) is 10.9. The van der Waals surface area contributed by atoms with Crippen LogP contribution in [0.25, 0.3) is 0 Å². The number of amides is 2. The van der Waals surface area contributed by atoms with Crippen molar-refractivity contribution in [1.29, 1.82) is 0 Å². The molecule has 0 unspecified atom stereocenters. The minimum Gasteiger partial charge on any atom is -0.321 e. The number of urea groups is 1. The Bertz CT molecular complexity index is 722. The Kier molecular flexibility index (Phi) is 5.44. The second-order valence-electron chi connectivity index (χ2n) is 5.10. The molecule has 0 bridgehead atoms. The normalized spacial score (nSPS) is 13.2. The summed E-state index contributed by atoms with van der Waals surface area (Å²) < 4.78 is 24.9. The summed E-state index contributed by atoms with van der Waals surface area (Å²) in [6, 6.07) is 7.96. The molecule has 1 aromatic carbocycles. The highest BCUT2D eigenvalue weighted by atomic mass is 32.2. The van der Waals surface area contributed by atoms with Crippen LogP contribution < -0.4 is 5.32 Å². The Hall–Kier alpha value is -2.28. The third kappa shape index (κ3) is 4.13. The largest absolute Gasteiger partial charge is 0.322 e. The van der Waals surface area contributed by atoms with E-state index >= 15 is 0 Å². The number of hydrogen-bond acceptors (Lipinski definition) is 3. The zero-order chi connectivity index (χ0) is 17.0. The third-order valence-corrected chi connectivity index (χ3v) is 4.55. The monoisotopic (exact) mass is 335 g/mol. The number of hydrogen-bond donors (Lipinski definition) is 1. The fourth-order valence-electron chi connectivity index (χ4n) is 2.02. The first-order valence-corrected chi connectivity index (χ1v) is 8.52. The SMILES string of the molecule is C[C@@H](c1ccc([S@@](C)=O)cc1)N(C)C(=O)Nc1ccncc1F. The van der Waals surface area contributed by atoms with Crippen LogP contribution in [0.2, 0.25) is 0 Å². The molecule has 0 aliphatic heterocycles. The fraction of sp³-hybridized carbons (Fsp3) is 0.250. The number of carbonyl (C=O) groups is 1. The summed E-state index contributed by atoms with van der Waals surface area (Å²) in [7, 11) is 0.590. The number of anilines is 1. The van der Waals surface area contributed by atoms with E-state index in [-0.39, 0.29) is 11.7 Å². The van der Waals surface area contributed by atoms with Crippen LogP contribution >= 0.6 is 0 Å². The van der Waals surface area contributed by atoms with Crippen molar-refractivity contribution in [3.05, 3.63) is 54.1 Å². The average molecular weight is 335 g/mol. The molecule has 0 spiro atoms. The molecule has 7 heteroatoms. The molecule has 2 rings (SSSR count). The highest BCUT2D eigenvalue weighted by Crippen LogP contribution is 2.21. The van der Waals surface area contributed by atoms with Gasteiger partial charge in [-0.25, -0.2) is 9.18 Å². The van der Waals surface area contributed by atoms with Gasteiger partial charge in [0.15, 0.2) is 5.82 Å². The van der Waals surface area contributed by atoms with E-state index in [9.17, 15) is 13.4 Å². The Morgan fingerprint density at radius 3 is 2.52 bits per heavy atom. The quantitative estimate of drug-likeness (QED) is 0.933. The van der Waals surface area contributed by atoms with E-state index in [2.05, 4.69) is 10.3 Å². The van der Waals surface area contributed by atoms with Crippen molar-refractivity contribution in [2.75, 3.05) is 18.6 Å². The minimum absolute atomic E-state index is 0.0841. The van der Waals surface area contributed by atoms with Crippen LogP contribution in [0.5, 0.6) is 0 Å². The maximum Gasteiger partial charge on any atom is 0.322 e. The summed E-state index contributed by atoms with van der Waals surface area (Å²) in [5.74, 6) is -0.586. The maximum atomic E-state index is 13.5. The molecule has 2 amide bonds. The van der Waals surface area contributed by atoms with Crippen molar-refractivity contribution >= 4 is 22.5 Å². The third-order valence-electron chi connectivity index (χ3n) is 3.61. The molecular formula is C16H18FN3O2S. The van der Waals surface area contributed by atoms with E-state index in [0.717, 1.165) is 16.7 Å². The van der Waals surface area contributed by atoms with Crippen LogP contribution in [0.1, 0.15) is 18.5 Å².